The highest BCUT2D eigenvalue weighted by Crippen LogP contribution is 2.25. The van der Waals surface area contributed by atoms with Gasteiger partial charge in [0.25, 0.3) is 0 Å². The van der Waals surface area contributed by atoms with Gasteiger partial charge in [0.15, 0.2) is 0 Å². The molecule has 0 bridgehead atoms. The van der Waals surface area contributed by atoms with Gasteiger partial charge in [-0.15, -0.1) is 0 Å². The molecule has 5 heteroatoms. The van der Waals surface area contributed by atoms with E-state index in [-0.39, 0.29) is 5.56 Å². The van der Waals surface area contributed by atoms with E-state index >= 15 is 0 Å². The summed E-state index contributed by atoms with van der Waals surface area (Å²) in [4.78, 5) is 10.8. The summed E-state index contributed by atoms with van der Waals surface area (Å²) in [6, 6.07) is 11.9. The highest BCUT2D eigenvalue weighted by atomic mass is 35.5. The summed E-state index contributed by atoms with van der Waals surface area (Å²) in [6.45, 7) is 2.57. The van der Waals surface area contributed by atoms with Crippen LogP contribution in [0.4, 0.5) is 0 Å². The van der Waals surface area contributed by atoms with Gasteiger partial charge in [0.2, 0.25) is 0 Å². The minimum absolute atomic E-state index is 0.190. The summed E-state index contributed by atoms with van der Waals surface area (Å²) >= 11 is 6.05. The van der Waals surface area contributed by atoms with Crippen LogP contribution in [0.1, 0.15) is 15.9 Å². The molecule has 0 fully saturated rings. The third-order valence-electron chi connectivity index (χ3n) is 2.78. The van der Waals surface area contributed by atoms with E-state index in [0.717, 1.165) is 5.56 Å². The summed E-state index contributed by atoms with van der Waals surface area (Å²) in [6.07, 6.45) is 0. The number of carboxylic acid groups (broad SMARTS) is 1. The zero-order valence-corrected chi connectivity index (χ0v) is 12.3. The molecular formula is C16H15ClO4. The van der Waals surface area contributed by atoms with E-state index in [1.165, 1.54) is 12.1 Å². The van der Waals surface area contributed by atoms with Gasteiger partial charge in [0, 0.05) is 0 Å². The van der Waals surface area contributed by atoms with Crippen molar-refractivity contribution in [3.63, 3.8) is 0 Å². The Bertz CT molecular complexity index is 640. The van der Waals surface area contributed by atoms with Gasteiger partial charge in [-0.3, -0.25) is 0 Å². The maximum atomic E-state index is 10.8. The number of carboxylic acids is 1. The van der Waals surface area contributed by atoms with E-state index < -0.39 is 5.97 Å². The van der Waals surface area contributed by atoms with Gasteiger partial charge < -0.3 is 14.6 Å². The van der Waals surface area contributed by atoms with Crippen molar-refractivity contribution in [2.75, 3.05) is 13.2 Å². The second-order valence-corrected chi connectivity index (χ2v) is 4.87. The fourth-order valence-electron chi connectivity index (χ4n) is 1.75. The molecular weight excluding hydrogens is 292 g/mol. The Morgan fingerprint density at radius 2 is 1.90 bits per heavy atom. The highest BCUT2D eigenvalue weighted by molar-refractivity contribution is 6.32. The third-order valence-corrected chi connectivity index (χ3v) is 3.07. The summed E-state index contributed by atoms with van der Waals surface area (Å²) in [5, 5.41) is 9.45. The Hall–Kier alpha value is -2.20. The molecule has 0 spiro atoms. The summed E-state index contributed by atoms with van der Waals surface area (Å²) < 4.78 is 11.0. The molecule has 0 heterocycles. The molecule has 0 aliphatic rings. The van der Waals surface area contributed by atoms with Crippen LogP contribution in [0.15, 0.2) is 42.5 Å². The van der Waals surface area contributed by atoms with Crippen molar-refractivity contribution in [2.45, 2.75) is 6.92 Å². The summed E-state index contributed by atoms with van der Waals surface area (Å²) in [7, 11) is 0. The molecule has 1 N–H and O–H groups in total. The number of ether oxygens (including phenoxy) is 2. The van der Waals surface area contributed by atoms with Gasteiger partial charge in [-0.05, 0) is 42.8 Å². The predicted octanol–water partition coefficient (Wildman–Crippen LogP) is 3.80. The van der Waals surface area contributed by atoms with Crippen LogP contribution in [0.25, 0.3) is 0 Å². The molecule has 0 radical (unpaired) electrons. The van der Waals surface area contributed by atoms with Crippen LogP contribution < -0.4 is 9.47 Å². The van der Waals surface area contributed by atoms with Gasteiger partial charge in [-0.2, -0.15) is 0 Å². The minimum Gasteiger partial charge on any atom is -0.490 e. The summed E-state index contributed by atoms with van der Waals surface area (Å²) in [5.74, 6) is 0.113. The van der Waals surface area contributed by atoms with Crippen LogP contribution in [-0.4, -0.2) is 24.3 Å². The van der Waals surface area contributed by atoms with E-state index in [0.29, 0.717) is 29.7 Å². The van der Waals surface area contributed by atoms with Crippen LogP contribution in [-0.2, 0) is 0 Å². The number of hydrogen-bond donors (Lipinski definition) is 1. The third kappa shape index (κ3) is 4.39. The Morgan fingerprint density at radius 1 is 1.14 bits per heavy atom. The van der Waals surface area contributed by atoms with E-state index in [1.807, 2.05) is 25.1 Å². The van der Waals surface area contributed by atoms with Gasteiger partial charge in [-0.1, -0.05) is 23.7 Å². The Kier molecular flexibility index (Phi) is 5.06. The Labute approximate surface area is 127 Å². The maximum Gasteiger partial charge on any atom is 0.335 e. The van der Waals surface area contributed by atoms with Crippen LogP contribution >= 0.6 is 11.6 Å². The molecule has 0 unspecified atom stereocenters. The zero-order valence-electron chi connectivity index (χ0n) is 11.5. The first kappa shape index (κ1) is 15.2. The van der Waals surface area contributed by atoms with Gasteiger partial charge in [0.1, 0.15) is 24.7 Å². The number of aromatic carboxylic acids is 1. The number of rotatable bonds is 6. The normalized spacial score (nSPS) is 10.2. The van der Waals surface area contributed by atoms with Crippen LogP contribution in [0, 0.1) is 6.92 Å². The lowest BCUT2D eigenvalue weighted by Crippen LogP contribution is -2.09. The van der Waals surface area contributed by atoms with Crippen LogP contribution in [0.2, 0.25) is 5.02 Å². The number of hydrogen-bond acceptors (Lipinski definition) is 3. The van der Waals surface area contributed by atoms with Crippen molar-refractivity contribution in [1.82, 2.24) is 0 Å². The molecule has 4 nitrogen and oxygen atoms in total. The fourth-order valence-corrected chi connectivity index (χ4v) is 2.04. The van der Waals surface area contributed by atoms with Crippen LogP contribution in [0.3, 0.4) is 0 Å². The quantitative estimate of drug-likeness (QED) is 0.825. The largest absolute Gasteiger partial charge is 0.490 e. The lowest BCUT2D eigenvalue weighted by Gasteiger charge is -2.10. The fraction of sp³-hybridized carbons (Fsp3) is 0.188. The van der Waals surface area contributed by atoms with E-state index in [9.17, 15) is 4.79 Å². The molecule has 0 saturated heterocycles. The monoisotopic (exact) mass is 306 g/mol. The Morgan fingerprint density at radius 3 is 2.62 bits per heavy atom. The maximum absolute atomic E-state index is 10.8. The number of aryl methyl sites for hydroxylation is 1. The second-order valence-electron chi connectivity index (χ2n) is 4.46. The van der Waals surface area contributed by atoms with Crippen molar-refractivity contribution in [3.8, 4) is 11.5 Å². The van der Waals surface area contributed by atoms with Gasteiger partial charge >= 0.3 is 5.97 Å². The lowest BCUT2D eigenvalue weighted by atomic mass is 10.2. The van der Waals surface area contributed by atoms with Gasteiger partial charge in [0.05, 0.1) is 10.6 Å². The van der Waals surface area contributed by atoms with Crippen LogP contribution in [0.5, 0.6) is 11.5 Å². The first-order valence-electron chi connectivity index (χ1n) is 6.41. The molecule has 2 aromatic rings. The average Bonchev–Trinajstić information content (AvgIpc) is 2.45. The summed E-state index contributed by atoms with van der Waals surface area (Å²) in [5.41, 5.74) is 1.25. The smallest absolute Gasteiger partial charge is 0.335 e. The van der Waals surface area contributed by atoms with E-state index in [2.05, 4.69) is 0 Å². The molecule has 0 aliphatic carbocycles. The lowest BCUT2D eigenvalue weighted by molar-refractivity contribution is 0.0696. The number of carbonyl (C=O) groups is 1. The van der Waals surface area contributed by atoms with E-state index in [1.54, 1.807) is 12.1 Å². The molecule has 0 amide bonds. The van der Waals surface area contributed by atoms with Gasteiger partial charge in [-0.25, -0.2) is 4.79 Å². The van der Waals surface area contributed by atoms with Crippen molar-refractivity contribution in [1.29, 1.82) is 0 Å². The first-order valence-corrected chi connectivity index (χ1v) is 6.79. The Balaban J connectivity index is 1.84. The number of halogens is 1. The molecule has 0 saturated carbocycles. The molecule has 2 aromatic carbocycles. The van der Waals surface area contributed by atoms with E-state index in [4.69, 9.17) is 26.2 Å². The van der Waals surface area contributed by atoms with Crippen molar-refractivity contribution < 1.29 is 19.4 Å². The second kappa shape index (κ2) is 6.99. The molecule has 110 valence electrons. The topological polar surface area (TPSA) is 55.8 Å². The first-order chi connectivity index (χ1) is 10.1. The number of benzene rings is 2. The average molecular weight is 307 g/mol. The SMILES string of the molecule is Cc1ccc(OCCOc2cccc(C(=O)O)c2)c(Cl)c1. The van der Waals surface area contributed by atoms with Crippen molar-refractivity contribution >= 4 is 17.6 Å². The highest BCUT2D eigenvalue weighted by Gasteiger charge is 2.04. The standard InChI is InChI=1S/C16H15ClO4/c1-11-5-6-15(14(17)9-11)21-8-7-20-13-4-2-3-12(10-13)16(18)19/h2-6,9-10H,7-8H2,1H3,(H,18,19). The van der Waals surface area contributed by atoms with Crippen molar-refractivity contribution in [2.24, 2.45) is 0 Å². The molecule has 0 aromatic heterocycles. The minimum atomic E-state index is -0.983. The molecule has 21 heavy (non-hydrogen) atoms. The molecule has 0 atom stereocenters. The predicted molar refractivity (Wildman–Crippen MR) is 80.6 cm³/mol. The molecule has 0 aliphatic heterocycles. The zero-order chi connectivity index (χ0) is 15.2. The van der Waals surface area contributed by atoms with Crippen molar-refractivity contribution in [3.05, 3.63) is 58.6 Å². The molecule has 2 rings (SSSR count).